The lowest BCUT2D eigenvalue weighted by atomic mass is 10.2. The molecule has 0 fully saturated rings. The van der Waals surface area contributed by atoms with Gasteiger partial charge >= 0.3 is 0 Å². The second kappa shape index (κ2) is 5.78. The Labute approximate surface area is 114 Å². The van der Waals surface area contributed by atoms with Crippen molar-refractivity contribution in [3.63, 3.8) is 0 Å². The van der Waals surface area contributed by atoms with Gasteiger partial charge in [0.25, 0.3) is 0 Å². The van der Waals surface area contributed by atoms with Crippen LogP contribution in [-0.4, -0.2) is 21.8 Å². The van der Waals surface area contributed by atoms with Gasteiger partial charge in [-0.1, -0.05) is 6.07 Å². The number of aromatic nitrogens is 2. The summed E-state index contributed by atoms with van der Waals surface area (Å²) in [6.07, 6.45) is 5.59. The topological polar surface area (TPSA) is 36.3 Å². The van der Waals surface area contributed by atoms with Gasteiger partial charge in [-0.2, -0.15) is 0 Å². The molecule has 0 N–H and O–H groups in total. The molecular formula is C15H20N2O2. The van der Waals surface area contributed by atoms with Crippen LogP contribution in [0.5, 0.6) is 11.5 Å². The first-order valence-corrected chi connectivity index (χ1v) is 6.52. The molecule has 0 atom stereocenters. The van der Waals surface area contributed by atoms with Gasteiger partial charge in [0.05, 0.1) is 18.5 Å². The van der Waals surface area contributed by atoms with Crippen molar-refractivity contribution in [1.82, 2.24) is 9.55 Å². The van der Waals surface area contributed by atoms with E-state index in [2.05, 4.69) is 4.98 Å². The molecule has 0 radical (unpaired) electrons. The van der Waals surface area contributed by atoms with Crippen molar-refractivity contribution in [1.29, 1.82) is 0 Å². The molecule has 102 valence electrons. The van der Waals surface area contributed by atoms with Crippen molar-refractivity contribution in [3.8, 4) is 17.2 Å². The molecular weight excluding hydrogens is 240 g/mol. The Balaban J connectivity index is 2.49. The van der Waals surface area contributed by atoms with E-state index in [0.717, 1.165) is 17.2 Å². The molecule has 0 saturated carbocycles. The summed E-state index contributed by atoms with van der Waals surface area (Å²) in [7, 11) is 0. The van der Waals surface area contributed by atoms with Gasteiger partial charge in [0.2, 0.25) is 0 Å². The number of rotatable bonds is 5. The molecule has 0 aliphatic carbocycles. The molecule has 1 aromatic heterocycles. The molecule has 4 nitrogen and oxygen atoms in total. The van der Waals surface area contributed by atoms with Gasteiger partial charge in [-0.25, -0.2) is 4.98 Å². The second-order valence-electron chi connectivity index (χ2n) is 4.91. The van der Waals surface area contributed by atoms with Gasteiger partial charge in [-0.15, -0.1) is 0 Å². The van der Waals surface area contributed by atoms with Crippen molar-refractivity contribution in [3.05, 3.63) is 36.9 Å². The summed E-state index contributed by atoms with van der Waals surface area (Å²) in [5.41, 5.74) is 0.891. The van der Waals surface area contributed by atoms with Gasteiger partial charge in [0.1, 0.15) is 17.2 Å². The van der Waals surface area contributed by atoms with Crippen LogP contribution >= 0.6 is 0 Å². The molecule has 0 spiro atoms. The zero-order chi connectivity index (χ0) is 13.8. The van der Waals surface area contributed by atoms with E-state index in [0.29, 0.717) is 0 Å². The van der Waals surface area contributed by atoms with Crippen molar-refractivity contribution < 1.29 is 9.47 Å². The smallest absolute Gasteiger partial charge is 0.147 e. The van der Waals surface area contributed by atoms with Gasteiger partial charge in [-0.05, 0) is 39.8 Å². The molecule has 0 amide bonds. The lowest BCUT2D eigenvalue weighted by molar-refractivity contribution is 0.228. The van der Waals surface area contributed by atoms with Crippen molar-refractivity contribution >= 4 is 0 Å². The van der Waals surface area contributed by atoms with E-state index in [1.165, 1.54) is 0 Å². The van der Waals surface area contributed by atoms with Gasteiger partial charge < -0.3 is 9.47 Å². The molecule has 0 bridgehead atoms. The minimum atomic E-state index is 0.108. The number of para-hydroxylation sites is 1. The number of hydrogen-bond donors (Lipinski definition) is 0. The maximum Gasteiger partial charge on any atom is 0.147 e. The van der Waals surface area contributed by atoms with E-state index >= 15 is 0 Å². The zero-order valence-corrected chi connectivity index (χ0v) is 11.8. The predicted octanol–water partition coefficient (Wildman–Crippen LogP) is 3.45. The number of hydrogen-bond acceptors (Lipinski definition) is 3. The van der Waals surface area contributed by atoms with Crippen molar-refractivity contribution in [2.75, 3.05) is 0 Å². The molecule has 2 rings (SSSR count). The molecule has 0 unspecified atom stereocenters. The summed E-state index contributed by atoms with van der Waals surface area (Å²) in [4.78, 5) is 4.09. The Morgan fingerprint density at radius 3 is 2.00 bits per heavy atom. The summed E-state index contributed by atoms with van der Waals surface area (Å²) in [5.74, 6) is 1.59. The fourth-order valence-corrected chi connectivity index (χ4v) is 1.85. The van der Waals surface area contributed by atoms with Crippen LogP contribution in [0.3, 0.4) is 0 Å². The van der Waals surface area contributed by atoms with E-state index in [-0.39, 0.29) is 12.2 Å². The fourth-order valence-electron chi connectivity index (χ4n) is 1.85. The molecule has 19 heavy (non-hydrogen) atoms. The van der Waals surface area contributed by atoms with Crippen LogP contribution in [0.1, 0.15) is 27.7 Å². The van der Waals surface area contributed by atoms with Crippen LogP contribution in [0, 0.1) is 0 Å². The number of benzene rings is 1. The average molecular weight is 260 g/mol. The van der Waals surface area contributed by atoms with Gasteiger partial charge in [0.15, 0.2) is 0 Å². The molecule has 1 aromatic carbocycles. The van der Waals surface area contributed by atoms with E-state index in [9.17, 15) is 0 Å². The molecule has 1 heterocycles. The molecule has 0 aliphatic rings. The standard InChI is InChI=1S/C15H20N2O2/c1-11(2)18-13-6-5-7-14(19-12(3)4)15(13)17-9-8-16-10-17/h5-12H,1-4H3. The first-order valence-electron chi connectivity index (χ1n) is 6.52. The lowest BCUT2D eigenvalue weighted by Gasteiger charge is -2.19. The van der Waals surface area contributed by atoms with Crippen molar-refractivity contribution in [2.24, 2.45) is 0 Å². The maximum absolute atomic E-state index is 5.86. The molecule has 0 aliphatic heterocycles. The Morgan fingerprint density at radius 2 is 1.58 bits per heavy atom. The van der Waals surface area contributed by atoms with E-state index in [1.54, 1.807) is 12.5 Å². The number of imidazole rings is 1. The quantitative estimate of drug-likeness (QED) is 0.826. The molecule has 0 saturated heterocycles. The van der Waals surface area contributed by atoms with E-state index in [4.69, 9.17) is 9.47 Å². The third-order valence-electron chi connectivity index (χ3n) is 2.45. The van der Waals surface area contributed by atoms with Crippen LogP contribution < -0.4 is 9.47 Å². The van der Waals surface area contributed by atoms with Crippen LogP contribution in [0.25, 0.3) is 5.69 Å². The molecule has 4 heteroatoms. The van der Waals surface area contributed by atoms with Crippen LogP contribution in [0.2, 0.25) is 0 Å². The van der Waals surface area contributed by atoms with Crippen LogP contribution in [0.4, 0.5) is 0 Å². The summed E-state index contributed by atoms with van der Waals surface area (Å²) in [6, 6.07) is 5.83. The van der Waals surface area contributed by atoms with Crippen LogP contribution in [0.15, 0.2) is 36.9 Å². The lowest BCUT2D eigenvalue weighted by Crippen LogP contribution is -2.12. The number of ether oxygens (including phenoxy) is 2. The zero-order valence-electron chi connectivity index (χ0n) is 11.8. The monoisotopic (exact) mass is 260 g/mol. The Morgan fingerprint density at radius 1 is 1.00 bits per heavy atom. The minimum Gasteiger partial charge on any atom is -0.489 e. The first kappa shape index (κ1) is 13.5. The predicted molar refractivity (Wildman–Crippen MR) is 75.1 cm³/mol. The normalized spacial score (nSPS) is 11.1. The summed E-state index contributed by atoms with van der Waals surface area (Å²) >= 11 is 0. The van der Waals surface area contributed by atoms with Gasteiger partial charge in [-0.3, -0.25) is 4.57 Å². The Bertz CT molecular complexity index is 491. The summed E-state index contributed by atoms with van der Waals surface area (Å²) < 4.78 is 13.6. The summed E-state index contributed by atoms with van der Waals surface area (Å²) in [6.45, 7) is 8.03. The Kier molecular flexibility index (Phi) is 4.10. The largest absolute Gasteiger partial charge is 0.489 e. The maximum atomic E-state index is 5.86. The first-order chi connectivity index (χ1) is 9.08. The SMILES string of the molecule is CC(C)Oc1cccc(OC(C)C)c1-n1ccnc1. The Hall–Kier alpha value is -1.97. The molecule has 2 aromatic rings. The highest BCUT2D eigenvalue weighted by Gasteiger charge is 2.14. The highest BCUT2D eigenvalue weighted by molar-refractivity contribution is 5.57. The third-order valence-corrected chi connectivity index (χ3v) is 2.45. The second-order valence-corrected chi connectivity index (χ2v) is 4.91. The minimum absolute atomic E-state index is 0.108. The van der Waals surface area contributed by atoms with Crippen LogP contribution in [-0.2, 0) is 0 Å². The van der Waals surface area contributed by atoms with Gasteiger partial charge in [0, 0.05) is 12.4 Å². The van der Waals surface area contributed by atoms with Crippen molar-refractivity contribution in [2.45, 2.75) is 39.9 Å². The van der Waals surface area contributed by atoms with E-state index < -0.39 is 0 Å². The highest BCUT2D eigenvalue weighted by Crippen LogP contribution is 2.33. The third kappa shape index (κ3) is 3.28. The van der Waals surface area contributed by atoms with E-state index in [1.807, 2.05) is 56.7 Å². The number of nitrogens with zero attached hydrogens (tertiary/aromatic N) is 2. The fraction of sp³-hybridized carbons (Fsp3) is 0.400. The average Bonchev–Trinajstić information content (AvgIpc) is 2.81. The highest BCUT2D eigenvalue weighted by atomic mass is 16.5. The summed E-state index contributed by atoms with van der Waals surface area (Å²) in [5, 5.41) is 0.